The smallest absolute Gasteiger partial charge is 0.142 e. The standard InChI is InChI=1S/C15H16N2OS/c1-9-6-7-11(13(8-9)18-2)14-16-12-5-3-4-10(12)15(19)17-14/h6-8H,3-5H2,1-2H3,(H,16,17,19). The number of H-pyrrole nitrogens is 1. The summed E-state index contributed by atoms with van der Waals surface area (Å²) in [5.41, 5.74) is 4.58. The largest absolute Gasteiger partial charge is 0.496 e. The van der Waals surface area contributed by atoms with Gasteiger partial charge in [-0.15, -0.1) is 0 Å². The zero-order chi connectivity index (χ0) is 13.4. The molecular formula is C15H16N2OS. The molecule has 0 saturated carbocycles. The number of nitrogens with one attached hydrogen (secondary N) is 1. The summed E-state index contributed by atoms with van der Waals surface area (Å²) < 4.78 is 6.17. The lowest BCUT2D eigenvalue weighted by atomic mass is 10.1. The Kier molecular flexibility index (Phi) is 3.11. The number of fused-ring (bicyclic) bond motifs is 1. The fourth-order valence-corrected chi connectivity index (χ4v) is 2.90. The van der Waals surface area contributed by atoms with Gasteiger partial charge >= 0.3 is 0 Å². The Balaban J connectivity index is 2.18. The molecule has 0 saturated heterocycles. The van der Waals surface area contributed by atoms with Gasteiger partial charge in [-0.25, -0.2) is 4.98 Å². The fourth-order valence-electron chi connectivity index (χ4n) is 2.58. The van der Waals surface area contributed by atoms with Gasteiger partial charge < -0.3 is 9.72 Å². The van der Waals surface area contributed by atoms with Crippen molar-refractivity contribution in [3.05, 3.63) is 39.7 Å². The number of hydrogen-bond donors (Lipinski definition) is 1. The SMILES string of the molecule is COc1cc(C)ccc1-c1nc(=S)c2c([nH]1)CCC2. The number of methoxy groups -OCH3 is 1. The molecule has 3 rings (SSSR count). The third kappa shape index (κ3) is 2.16. The highest BCUT2D eigenvalue weighted by atomic mass is 32.1. The van der Waals surface area contributed by atoms with Gasteiger partial charge in [0.2, 0.25) is 0 Å². The highest BCUT2D eigenvalue weighted by Gasteiger charge is 2.16. The molecule has 0 aliphatic heterocycles. The minimum absolute atomic E-state index is 0.726. The van der Waals surface area contributed by atoms with Crippen LogP contribution in [0, 0.1) is 11.6 Å². The molecule has 0 atom stereocenters. The Morgan fingerprint density at radius 1 is 1.32 bits per heavy atom. The molecule has 1 heterocycles. The van der Waals surface area contributed by atoms with Gasteiger partial charge in [-0.1, -0.05) is 18.3 Å². The summed E-state index contributed by atoms with van der Waals surface area (Å²) in [4.78, 5) is 7.95. The van der Waals surface area contributed by atoms with Crippen molar-refractivity contribution in [2.24, 2.45) is 0 Å². The predicted molar refractivity (Wildman–Crippen MR) is 78.2 cm³/mol. The average Bonchev–Trinajstić information content (AvgIpc) is 2.87. The maximum Gasteiger partial charge on any atom is 0.142 e. The van der Waals surface area contributed by atoms with Crippen LogP contribution in [0.5, 0.6) is 5.75 Å². The number of aromatic amines is 1. The molecule has 1 aromatic carbocycles. The lowest BCUT2D eigenvalue weighted by Crippen LogP contribution is -1.99. The van der Waals surface area contributed by atoms with Crippen LogP contribution in [-0.2, 0) is 12.8 Å². The summed E-state index contributed by atoms with van der Waals surface area (Å²) in [5, 5.41) is 0. The van der Waals surface area contributed by atoms with Gasteiger partial charge in [0.05, 0.1) is 12.7 Å². The van der Waals surface area contributed by atoms with E-state index in [1.54, 1.807) is 7.11 Å². The summed E-state index contributed by atoms with van der Waals surface area (Å²) in [7, 11) is 1.68. The number of benzene rings is 1. The Hall–Kier alpha value is -1.68. The van der Waals surface area contributed by atoms with Crippen LogP contribution in [-0.4, -0.2) is 17.1 Å². The van der Waals surface area contributed by atoms with E-state index in [-0.39, 0.29) is 0 Å². The van der Waals surface area contributed by atoms with E-state index in [9.17, 15) is 0 Å². The van der Waals surface area contributed by atoms with Crippen LogP contribution in [0.4, 0.5) is 0 Å². The first-order valence-corrected chi connectivity index (χ1v) is 6.87. The molecule has 2 aromatic rings. The summed E-state index contributed by atoms with van der Waals surface area (Å²) in [5.74, 6) is 1.64. The molecule has 0 unspecified atom stereocenters. The van der Waals surface area contributed by atoms with Crippen molar-refractivity contribution in [3.8, 4) is 17.1 Å². The quantitative estimate of drug-likeness (QED) is 0.849. The summed E-state index contributed by atoms with van der Waals surface area (Å²) >= 11 is 5.40. The Bertz CT molecular complexity index is 691. The molecule has 0 bridgehead atoms. The van der Waals surface area contributed by atoms with Crippen molar-refractivity contribution >= 4 is 12.2 Å². The Morgan fingerprint density at radius 2 is 2.16 bits per heavy atom. The van der Waals surface area contributed by atoms with Gasteiger partial charge in [0.1, 0.15) is 16.2 Å². The van der Waals surface area contributed by atoms with Crippen molar-refractivity contribution in [2.45, 2.75) is 26.2 Å². The van der Waals surface area contributed by atoms with Crippen LogP contribution in [0.3, 0.4) is 0 Å². The second kappa shape index (κ2) is 4.78. The van der Waals surface area contributed by atoms with Gasteiger partial charge in [0.15, 0.2) is 0 Å². The Morgan fingerprint density at radius 3 is 2.95 bits per heavy atom. The van der Waals surface area contributed by atoms with Crippen molar-refractivity contribution in [1.82, 2.24) is 9.97 Å². The molecule has 1 aromatic heterocycles. The van der Waals surface area contributed by atoms with Crippen LogP contribution in [0.15, 0.2) is 18.2 Å². The van der Waals surface area contributed by atoms with Crippen molar-refractivity contribution in [1.29, 1.82) is 0 Å². The molecule has 4 heteroatoms. The van der Waals surface area contributed by atoms with Crippen LogP contribution in [0.25, 0.3) is 11.4 Å². The van der Waals surface area contributed by atoms with E-state index in [0.29, 0.717) is 0 Å². The maximum atomic E-state index is 5.45. The van der Waals surface area contributed by atoms with E-state index in [0.717, 1.165) is 41.0 Å². The molecule has 0 radical (unpaired) electrons. The zero-order valence-electron chi connectivity index (χ0n) is 11.1. The van der Waals surface area contributed by atoms with Crippen LogP contribution < -0.4 is 4.74 Å². The normalized spacial score (nSPS) is 13.4. The summed E-state index contributed by atoms with van der Waals surface area (Å²) in [6.45, 7) is 2.05. The molecule has 0 fully saturated rings. The number of aromatic nitrogens is 2. The number of hydrogen-bond acceptors (Lipinski definition) is 3. The highest BCUT2D eigenvalue weighted by molar-refractivity contribution is 7.71. The highest BCUT2D eigenvalue weighted by Crippen LogP contribution is 2.30. The third-order valence-electron chi connectivity index (χ3n) is 3.57. The second-order valence-corrected chi connectivity index (χ2v) is 5.29. The first-order valence-electron chi connectivity index (χ1n) is 6.46. The molecule has 0 amide bonds. The lowest BCUT2D eigenvalue weighted by Gasteiger charge is -2.10. The van der Waals surface area contributed by atoms with Gasteiger partial charge in [-0.05, 0) is 43.9 Å². The van der Waals surface area contributed by atoms with Gasteiger partial charge in [0.25, 0.3) is 0 Å². The number of ether oxygens (including phenoxy) is 1. The summed E-state index contributed by atoms with van der Waals surface area (Å²) in [6.07, 6.45) is 3.26. The third-order valence-corrected chi connectivity index (χ3v) is 3.91. The molecule has 1 aliphatic carbocycles. The molecule has 3 nitrogen and oxygen atoms in total. The molecule has 98 valence electrons. The second-order valence-electron chi connectivity index (χ2n) is 4.90. The predicted octanol–water partition coefficient (Wildman–Crippen LogP) is 3.61. The van der Waals surface area contributed by atoms with Crippen LogP contribution in [0.2, 0.25) is 0 Å². The van der Waals surface area contributed by atoms with E-state index < -0.39 is 0 Å². The van der Waals surface area contributed by atoms with E-state index in [4.69, 9.17) is 17.0 Å². The van der Waals surface area contributed by atoms with Crippen LogP contribution >= 0.6 is 12.2 Å². The minimum Gasteiger partial charge on any atom is -0.496 e. The first-order chi connectivity index (χ1) is 9.19. The minimum atomic E-state index is 0.726. The number of rotatable bonds is 2. The molecule has 1 aliphatic rings. The van der Waals surface area contributed by atoms with E-state index in [1.165, 1.54) is 16.8 Å². The van der Waals surface area contributed by atoms with Gasteiger partial charge in [0, 0.05) is 11.3 Å². The monoisotopic (exact) mass is 272 g/mol. The number of aryl methyl sites for hydroxylation is 2. The topological polar surface area (TPSA) is 37.9 Å². The zero-order valence-corrected chi connectivity index (χ0v) is 11.9. The van der Waals surface area contributed by atoms with Gasteiger partial charge in [-0.3, -0.25) is 0 Å². The van der Waals surface area contributed by atoms with E-state index in [1.807, 2.05) is 19.1 Å². The maximum absolute atomic E-state index is 5.45. The van der Waals surface area contributed by atoms with Gasteiger partial charge in [-0.2, -0.15) is 0 Å². The fraction of sp³-hybridized carbons (Fsp3) is 0.333. The van der Waals surface area contributed by atoms with Crippen LogP contribution in [0.1, 0.15) is 23.2 Å². The number of nitrogens with zero attached hydrogens (tertiary/aromatic N) is 1. The molecule has 0 spiro atoms. The molecular weight excluding hydrogens is 256 g/mol. The van der Waals surface area contributed by atoms with Crippen molar-refractivity contribution < 1.29 is 4.74 Å². The van der Waals surface area contributed by atoms with Crippen molar-refractivity contribution in [3.63, 3.8) is 0 Å². The van der Waals surface area contributed by atoms with E-state index >= 15 is 0 Å². The average molecular weight is 272 g/mol. The molecule has 19 heavy (non-hydrogen) atoms. The molecule has 1 N–H and O–H groups in total. The lowest BCUT2D eigenvalue weighted by molar-refractivity contribution is 0.416. The summed E-state index contributed by atoms with van der Waals surface area (Å²) in [6, 6.07) is 6.11. The first kappa shape index (κ1) is 12.4. The van der Waals surface area contributed by atoms with Crippen molar-refractivity contribution in [2.75, 3.05) is 7.11 Å². The van der Waals surface area contributed by atoms with E-state index in [2.05, 4.69) is 16.0 Å². The Labute approximate surface area is 117 Å².